The van der Waals surface area contributed by atoms with E-state index in [2.05, 4.69) is 5.32 Å². The maximum absolute atomic E-state index is 12.2. The fourth-order valence-electron chi connectivity index (χ4n) is 2.32. The highest BCUT2D eigenvalue weighted by Crippen LogP contribution is 2.28. The number of rotatable bonds is 5. The zero-order chi connectivity index (χ0) is 16.1. The van der Waals surface area contributed by atoms with Gasteiger partial charge in [0, 0.05) is 18.2 Å². The molecule has 1 aromatic carbocycles. The van der Waals surface area contributed by atoms with E-state index in [1.807, 2.05) is 6.92 Å². The fraction of sp³-hybridized carbons (Fsp3) is 0.467. The van der Waals surface area contributed by atoms with Gasteiger partial charge in [0.1, 0.15) is 5.75 Å². The Balaban J connectivity index is 1.96. The number of hydrogen-bond donors (Lipinski definition) is 2. The number of anilines is 1. The molecule has 6 nitrogen and oxygen atoms in total. The summed E-state index contributed by atoms with van der Waals surface area (Å²) in [5.74, 6) is -0.959. The SMILES string of the molecule is CC1CC(C(=O)Nc2ccc(OCC(=O)O)c(Cl)c2)CCO1. The highest BCUT2D eigenvalue weighted by atomic mass is 35.5. The van der Waals surface area contributed by atoms with Crippen molar-refractivity contribution in [2.75, 3.05) is 18.5 Å². The summed E-state index contributed by atoms with van der Waals surface area (Å²) in [6.45, 7) is 2.07. The monoisotopic (exact) mass is 327 g/mol. The Labute approximate surface area is 133 Å². The molecule has 120 valence electrons. The zero-order valence-corrected chi connectivity index (χ0v) is 12.9. The maximum atomic E-state index is 12.2. The zero-order valence-electron chi connectivity index (χ0n) is 12.2. The Morgan fingerprint density at radius 2 is 2.27 bits per heavy atom. The molecule has 2 N–H and O–H groups in total. The molecule has 0 bridgehead atoms. The van der Waals surface area contributed by atoms with E-state index in [9.17, 15) is 9.59 Å². The van der Waals surface area contributed by atoms with Crippen molar-refractivity contribution in [2.45, 2.75) is 25.9 Å². The molecule has 2 unspecified atom stereocenters. The predicted octanol–water partition coefficient (Wildman–Crippen LogP) is 2.56. The number of aliphatic carboxylic acids is 1. The third-order valence-electron chi connectivity index (χ3n) is 3.41. The molecule has 2 rings (SSSR count). The van der Waals surface area contributed by atoms with Crippen LogP contribution in [0.3, 0.4) is 0 Å². The van der Waals surface area contributed by atoms with Crippen LogP contribution in [0.25, 0.3) is 0 Å². The molecule has 1 heterocycles. The summed E-state index contributed by atoms with van der Waals surface area (Å²) in [6, 6.07) is 4.70. The van der Waals surface area contributed by atoms with Gasteiger partial charge in [-0.2, -0.15) is 0 Å². The highest BCUT2D eigenvalue weighted by Gasteiger charge is 2.25. The smallest absolute Gasteiger partial charge is 0.341 e. The van der Waals surface area contributed by atoms with E-state index in [0.29, 0.717) is 25.1 Å². The lowest BCUT2D eigenvalue weighted by Gasteiger charge is -2.26. The van der Waals surface area contributed by atoms with Crippen LogP contribution < -0.4 is 10.1 Å². The summed E-state index contributed by atoms with van der Waals surface area (Å²) in [5.41, 5.74) is 0.553. The van der Waals surface area contributed by atoms with Gasteiger partial charge < -0.3 is 19.9 Å². The summed E-state index contributed by atoms with van der Waals surface area (Å²) in [7, 11) is 0. The molecule has 1 aliphatic rings. The summed E-state index contributed by atoms with van der Waals surface area (Å²) >= 11 is 6.02. The second-order valence-electron chi connectivity index (χ2n) is 5.22. The number of hydrogen-bond acceptors (Lipinski definition) is 4. The van der Waals surface area contributed by atoms with Crippen molar-refractivity contribution in [1.29, 1.82) is 0 Å². The second kappa shape index (κ2) is 7.47. The minimum Gasteiger partial charge on any atom is -0.480 e. The number of nitrogens with one attached hydrogen (secondary N) is 1. The minimum atomic E-state index is -1.08. The van der Waals surface area contributed by atoms with Gasteiger partial charge in [0.15, 0.2) is 6.61 Å². The minimum absolute atomic E-state index is 0.0644. The van der Waals surface area contributed by atoms with E-state index in [1.54, 1.807) is 12.1 Å². The van der Waals surface area contributed by atoms with Crippen molar-refractivity contribution < 1.29 is 24.2 Å². The van der Waals surface area contributed by atoms with Gasteiger partial charge in [-0.1, -0.05) is 11.6 Å². The van der Waals surface area contributed by atoms with Crippen LogP contribution in [0.4, 0.5) is 5.69 Å². The van der Waals surface area contributed by atoms with Crippen LogP contribution in [0, 0.1) is 5.92 Å². The number of carboxylic acid groups (broad SMARTS) is 1. The number of benzene rings is 1. The lowest BCUT2D eigenvalue weighted by molar-refractivity contribution is -0.139. The van der Waals surface area contributed by atoms with E-state index in [4.69, 9.17) is 26.2 Å². The van der Waals surface area contributed by atoms with E-state index < -0.39 is 12.6 Å². The summed E-state index contributed by atoms with van der Waals surface area (Å²) in [5, 5.41) is 11.6. The molecule has 0 spiro atoms. The van der Waals surface area contributed by atoms with Gasteiger partial charge in [-0.3, -0.25) is 4.79 Å². The molecular formula is C15H18ClNO5. The first-order valence-electron chi connectivity index (χ1n) is 7.02. The molecule has 1 amide bonds. The topological polar surface area (TPSA) is 84.9 Å². The van der Waals surface area contributed by atoms with Crippen molar-refractivity contribution in [2.24, 2.45) is 5.92 Å². The average molecular weight is 328 g/mol. The van der Waals surface area contributed by atoms with E-state index in [0.717, 1.165) is 0 Å². The predicted molar refractivity (Wildman–Crippen MR) is 81.4 cm³/mol. The van der Waals surface area contributed by atoms with Gasteiger partial charge in [0.2, 0.25) is 5.91 Å². The van der Waals surface area contributed by atoms with Crippen LogP contribution in [0.1, 0.15) is 19.8 Å². The quantitative estimate of drug-likeness (QED) is 0.868. The van der Waals surface area contributed by atoms with Gasteiger partial charge in [0.25, 0.3) is 0 Å². The molecule has 0 radical (unpaired) electrons. The number of amides is 1. The summed E-state index contributed by atoms with van der Waals surface area (Å²) < 4.78 is 10.5. The molecule has 0 aromatic heterocycles. The molecular weight excluding hydrogens is 310 g/mol. The van der Waals surface area contributed by atoms with Crippen LogP contribution in [-0.4, -0.2) is 36.3 Å². The number of halogens is 1. The Kier molecular flexibility index (Phi) is 5.63. The van der Waals surface area contributed by atoms with Crippen LogP contribution in [-0.2, 0) is 14.3 Å². The highest BCUT2D eigenvalue weighted by molar-refractivity contribution is 6.32. The first kappa shape index (κ1) is 16.6. The van der Waals surface area contributed by atoms with E-state index in [1.165, 1.54) is 6.07 Å². The Hall–Kier alpha value is -1.79. The van der Waals surface area contributed by atoms with Crippen molar-refractivity contribution >= 4 is 29.2 Å². The Morgan fingerprint density at radius 1 is 1.50 bits per heavy atom. The van der Waals surface area contributed by atoms with Crippen molar-refractivity contribution in [3.05, 3.63) is 23.2 Å². The lowest BCUT2D eigenvalue weighted by atomic mass is 9.95. The second-order valence-corrected chi connectivity index (χ2v) is 5.63. The molecule has 7 heteroatoms. The van der Waals surface area contributed by atoms with Crippen LogP contribution in [0.2, 0.25) is 5.02 Å². The van der Waals surface area contributed by atoms with Gasteiger partial charge in [0.05, 0.1) is 11.1 Å². The van der Waals surface area contributed by atoms with Gasteiger partial charge >= 0.3 is 5.97 Å². The average Bonchev–Trinajstić information content (AvgIpc) is 2.46. The van der Waals surface area contributed by atoms with Crippen LogP contribution >= 0.6 is 11.6 Å². The Morgan fingerprint density at radius 3 is 2.91 bits per heavy atom. The maximum Gasteiger partial charge on any atom is 0.341 e. The summed E-state index contributed by atoms with van der Waals surface area (Å²) in [6.07, 6.45) is 1.48. The fourth-order valence-corrected chi connectivity index (χ4v) is 2.55. The molecule has 0 aliphatic carbocycles. The molecule has 22 heavy (non-hydrogen) atoms. The standard InChI is InChI=1S/C15H18ClNO5/c1-9-6-10(4-5-21-9)15(20)17-11-2-3-13(12(16)7-11)22-8-14(18)19/h2-3,7,9-10H,4-6,8H2,1H3,(H,17,20)(H,18,19). The van der Waals surface area contributed by atoms with E-state index in [-0.39, 0.29) is 28.7 Å². The normalized spacial score (nSPS) is 21.2. The lowest BCUT2D eigenvalue weighted by Crippen LogP contribution is -2.32. The summed E-state index contributed by atoms with van der Waals surface area (Å²) in [4.78, 5) is 22.7. The number of ether oxygens (including phenoxy) is 2. The van der Waals surface area contributed by atoms with Crippen molar-refractivity contribution in [3.63, 3.8) is 0 Å². The third kappa shape index (κ3) is 4.61. The van der Waals surface area contributed by atoms with Crippen LogP contribution in [0.5, 0.6) is 5.75 Å². The molecule has 1 aromatic rings. The van der Waals surface area contributed by atoms with Crippen molar-refractivity contribution in [3.8, 4) is 5.75 Å². The Bertz CT molecular complexity index is 563. The molecule has 1 aliphatic heterocycles. The van der Waals surface area contributed by atoms with Gasteiger partial charge in [-0.05, 0) is 38.0 Å². The third-order valence-corrected chi connectivity index (χ3v) is 3.70. The molecule has 0 saturated carbocycles. The largest absolute Gasteiger partial charge is 0.480 e. The van der Waals surface area contributed by atoms with E-state index >= 15 is 0 Å². The molecule has 1 fully saturated rings. The van der Waals surface area contributed by atoms with Gasteiger partial charge in [-0.25, -0.2) is 4.79 Å². The first-order chi connectivity index (χ1) is 10.5. The van der Waals surface area contributed by atoms with Crippen LogP contribution in [0.15, 0.2) is 18.2 Å². The number of carboxylic acids is 1. The molecule has 2 atom stereocenters. The first-order valence-corrected chi connectivity index (χ1v) is 7.40. The number of carbonyl (C=O) groups excluding carboxylic acids is 1. The van der Waals surface area contributed by atoms with Crippen molar-refractivity contribution in [1.82, 2.24) is 0 Å². The molecule has 1 saturated heterocycles. The number of carbonyl (C=O) groups is 2. The van der Waals surface area contributed by atoms with Gasteiger partial charge in [-0.15, -0.1) is 0 Å².